The van der Waals surface area contributed by atoms with E-state index in [1.54, 1.807) is 54.1 Å². The molecule has 0 unspecified atom stereocenters. The van der Waals surface area contributed by atoms with Gasteiger partial charge in [-0.25, -0.2) is 9.36 Å². The Morgan fingerprint density at radius 1 is 1.00 bits per heavy atom. The molecule has 0 aliphatic rings. The third kappa shape index (κ3) is 2.52. The molecule has 0 radical (unpaired) electrons. The fraction of sp³-hybridized carbons (Fsp3) is 0. The molecule has 0 bridgehead atoms. The summed E-state index contributed by atoms with van der Waals surface area (Å²) in [7, 11) is 0. The average molecular weight is 384 g/mol. The van der Waals surface area contributed by atoms with Gasteiger partial charge in [0.2, 0.25) is 0 Å². The Hall–Kier alpha value is -3.14. The largest absolute Gasteiger partial charge is 0.383 e. The molecule has 0 aromatic carbocycles. The molecule has 10 heteroatoms. The monoisotopic (exact) mass is 383 g/mol. The van der Waals surface area contributed by atoms with E-state index in [-0.39, 0.29) is 0 Å². The van der Waals surface area contributed by atoms with E-state index in [1.807, 2.05) is 0 Å². The minimum absolute atomic E-state index is 0.294. The van der Waals surface area contributed by atoms with E-state index in [1.165, 1.54) is 4.68 Å². The van der Waals surface area contributed by atoms with Crippen LogP contribution >= 0.6 is 15.9 Å². The van der Waals surface area contributed by atoms with Crippen LogP contribution in [-0.2, 0) is 0 Å². The summed E-state index contributed by atoms with van der Waals surface area (Å²) < 4.78 is 3.69. The number of anilines is 1. The van der Waals surface area contributed by atoms with E-state index in [0.717, 1.165) is 5.56 Å². The summed E-state index contributed by atoms with van der Waals surface area (Å²) in [6, 6.07) is 1.80. The van der Waals surface area contributed by atoms with E-state index in [2.05, 4.69) is 46.1 Å². The Kier molecular flexibility index (Phi) is 3.50. The van der Waals surface area contributed by atoms with Crippen LogP contribution < -0.4 is 5.73 Å². The fourth-order valence-electron chi connectivity index (χ4n) is 2.10. The lowest BCUT2D eigenvalue weighted by Crippen LogP contribution is -2.10. The predicted octanol–water partition coefficient (Wildman–Crippen LogP) is 1.65. The zero-order valence-electron chi connectivity index (χ0n) is 12.2. The second kappa shape index (κ2) is 5.81. The van der Waals surface area contributed by atoms with Crippen molar-refractivity contribution in [2.45, 2.75) is 0 Å². The predicted molar refractivity (Wildman–Crippen MR) is 89.4 cm³/mol. The van der Waals surface area contributed by atoms with Gasteiger partial charge in [-0.05, 0) is 22.0 Å². The normalized spacial score (nSPS) is 10.9. The van der Waals surface area contributed by atoms with Crippen LogP contribution in [0.4, 0.5) is 5.82 Å². The van der Waals surface area contributed by atoms with Crippen molar-refractivity contribution in [2.75, 3.05) is 5.73 Å². The van der Waals surface area contributed by atoms with Crippen LogP contribution in [0.25, 0.3) is 23.0 Å². The molecule has 0 saturated carbocycles. The molecule has 4 rings (SSSR count). The van der Waals surface area contributed by atoms with Crippen LogP contribution in [0.3, 0.4) is 0 Å². The van der Waals surface area contributed by atoms with Crippen molar-refractivity contribution in [1.29, 1.82) is 0 Å². The van der Waals surface area contributed by atoms with Crippen molar-refractivity contribution in [3.63, 3.8) is 0 Å². The molecule has 0 aliphatic heterocycles. The molecule has 9 nitrogen and oxygen atoms in total. The molecule has 24 heavy (non-hydrogen) atoms. The molecule has 0 fully saturated rings. The summed E-state index contributed by atoms with van der Waals surface area (Å²) in [5.74, 6) is 1.15. The minimum Gasteiger partial charge on any atom is -0.383 e. The third-order valence-electron chi connectivity index (χ3n) is 3.22. The Bertz CT molecular complexity index is 979. The lowest BCUT2D eigenvalue weighted by Gasteiger charge is -2.08. The summed E-state index contributed by atoms with van der Waals surface area (Å²) in [4.78, 5) is 17.0. The maximum absolute atomic E-state index is 5.98. The second-order valence-electron chi connectivity index (χ2n) is 4.76. The molecule has 4 heterocycles. The Labute approximate surface area is 144 Å². The van der Waals surface area contributed by atoms with Gasteiger partial charge in [-0.3, -0.25) is 9.97 Å². The number of aromatic nitrogens is 8. The minimum atomic E-state index is 0.294. The van der Waals surface area contributed by atoms with E-state index < -0.39 is 0 Å². The molecule has 118 valence electrons. The van der Waals surface area contributed by atoms with Crippen LogP contribution in [0, 0.1) is 0 Å². The summed E-state index contributed by atoms with van der Waals surface area (Å²) >= 11 is 3.39. The van der Waals surface area contributed by atoms with E-state index in [4.69, 9.17) is 5.73 Å². The van der Waals surface area contributed by atoms with Gasteiger partial charge in [-0.15, -0.1) is 0 Å². The van der Waals surface area contributed by atoms with E-state index in [9.17, 15) is 0 Å². The first-order valence-electron chi connectivity index (χ1n) is 6.87. The Morgan fingerprint density at radius 3 is 2.67 bits per heavy atom. The molecule has 4 aromatic heterocycles. The van der Waals surface area contributed by atoms with E-state index >= 15 is 0 Å². The SMILES string of the molecule is Nc1nc(-n2cc(-c3cnccn3)cn2)nc(-n2cccn2)c1Br. The number of rotatable bonds is 3. The fourth-order valence-corrected chi connectivity index (χ4v) is 2.46. The first-order chi connectivity index (χ1) is 11.7. The first kappa shape index (κ1) is 14.5. The zero-order valence-corrected chi connectivity index (χ0v) is 13.7. The Morgan fingerprint density at radius 2 is 1.92 bits per heavy atom. The molecular formula is C14H10BrN9. The van der Waals surface area contributed by atoms with Crippen LogP contribution in [0.5, 0.6) is 0 Å². The van der Waals surface area contributed by atoms with Gasteiger partial charge >= 0.3 is 0 Å². The highest BCUT2D eigenvalue weighted by Crippen LogP contribution is 2.25. The van der Waals surface area contributed by atoms with Gasteiger partial charge < -0.3 is 5.73 Å². The molecule has 0 aliphatic carbocycles. The third-order valence-corrected chi connectivity index (χ3v) is 3.98. The van der Waals surface area contributed by atoms with Crippen molar-refractivity contribution >= 4 is 21.7 Å². The van der Waals surface area contributed by atoms with Gasteiger partial charge in [0.25, 0.3) is 5.95 Å². The summed E-state index contributed by atoms with van der Waals surface area (Å²) in [6.07, 6.45) is 11.8. The highest BCUT2D eigenvalue weighted by Gasteiger charge is 2.14. The van der Waals surface area contributed by atoms with Crippen LogP contribution in [0.1, 0.15) is 0 Å². The molecule has 0 atom stereocenters. The maximum atomic E-state index is 5.98. The molecule has 0 spiro atoms. The second-order valence-corrected chi connectivity index (χ2v) is 5.55. The molecule has 2 N–H and O–H groups in total. The number of nitrogens with zero attached hydrogens (tertiary/aromatic N) is 8. The number of hydrogen-bond donors (Lipinski definition) is 1. The van der Waals surface area contributed by atoms with Crippen molar-refractivity contribution in [2.24, 2.45) is 0 Å². The zero-order chi connectivity index (χ0) is 16.5. The average Bonchev–Trinajstić information content (AvgIpc) is 3.29. The van der Waals surface area contributed by atoms with Crippen LogP contribution in [0.15, 0.2) is 53.9 Å². The van der Waals surface area contributed by atoms with Gasteiger partial charge in [0.15, 0.2) is 5.82 Å². The number of nitrogen functional groups attached to an aromatic ring is 1. The van der Waals surface area contributed by atoms with Crippen LogP contribution in [-0.4, -0.2) is 39.5 Å². The summed E-state index contributed by atoms with van der Waals surface area (Å²) in [5.41, 5.74) is 7.49. The van der Waals surface area contributed by atoms with Gasteiger partial charge in [0.1, 0.15) is 10.3 Å². The number of hydrogen-bond acceptors (Lipinski definition) is 7. The molecule has 4 aromatic rings. The highest BCUT2D eigenvalue weighted by atomic mass is 79.9. The van der Waals surface area contributed by atoms with E-state index in [0.29, 0.717) is 27.8 Å². The maximum Gasteiger partial charge on any atom is 0.254 e. The van der Waals surface area contributed by atoms with Gasteiger partial charge in [0, 0.05) is 36.5 Å². The van der Waals surface area contributed by atoms with Crippen molar-refractivity contribution in [3.8, 4) is 23.0 Å². The topological polar surface area (TPSA) is 113 Å². The smallest absolute Gasteiger partial charge is 0.254 e. The van der Waals surface area contributed by atoms with Gasteiger partial charge in [-0.1, -0.05) is 0 Å². The molecule has 0 saturated heterocycles. The first-order valence-corrected chi connectivity index (χ1v) is 7.66. The highest BCUT2D eigenvalue weighted by molar-refractivity contribution is 9.10. The number of halogens is 1. The number of nitrogens with two attached hydrogens (primary N) is 1. The summed E-state index contributed by atoms with van der Waals surface area (Å²) in [6.45, 7) is 0. The van der Waals surface area contributed by atoms with Crippen molar-refractivity contribution in [1.82, 2.24) is 39.5 Å². The van der Waals surface area contributed by atoms with Crippen LogP contribution in [0.2, 0.25) is 0 Å². The molecule has 0 amide bonds. The standard InChI is InChI=1S/C14H10BrN9/c15-11-12(16)21-14(22-13(11)23-5-1-2-19-23)24-8-9(6-20-24)10-7-17-3-4-18-10/h1-8H,(H2,16,21,22). The van der Waals surface area contributed by atoms with Crippen molar-refractivity contribution in [3.05, 3.63) is 53.9 Å². The quantitative estimate of drug-likeness (QED) is 0.571. The van der Waals surface area contributed by atoms with Gasteiger partial charge in [0.05, 0.1) is 18.1 Å². The lowest BCUT2D eigenvalue weighted by molar-refractivity contribution is 0.773. The lowest BCUT2D eigenvalue weighted by atomic mass is 10.3. The van der Waals surface area contributed by atoms with Crippen molar-refractivity contribution < 1.29 is 0 Å². The van der Waals surface area contributed by atoms with Gasteiger partial charge in [-0.2, -0.15) is 20.2 Å². The summed E-state index contributed by atoms with van der Waals surface area (Å²) in [5, 5.41) is 8.45. The Balaban J connectivity index is 1.79. The molecular weight excluding hydrogens is 374 g/mol.